The summed E-state index contributed by atoms with van der Waals surface area (Å²) in [4.78, 5) is 16.6. The van der Waals surface area contributed by atoms with E-state index in [0.717, 1.165) is 28.6 Å². The lowest BCUT2D eigenvalue weighted by Gasteiger charge is -2.08. The predicted molar refractivity (Wildman–Crippen MR) is 81.6 cm³/mol. The Bertz CT molecular complexity index is 676. The van der Waals surface area contributed by atoms with Crippen molar-refractivity contribution in [3.8, 4) is 11.4 Å². The number of carbonyl (C=O) groups is 1. The first-order valence-corrected chi connectivity index (χ1v) is 7.26. The summed E-state index contributed by atoms with van der Waals surface area (Å²) >= 11 is 3.38. The molecule has 3 N–H and O–H groups in total. The number of benzene rings is 1. The van der Waals surface area contributed by atoms with Crippen LogP contribution in [0, 0.1) is 0 Å². The summed E-state index contributed by atoms with van der Waals surface area (Å²) in [5, 5.41) is 2.63. The van der Waals surface area contributed by atoms with Crippen molar-refractivity contribution in [2.24, 2.45) is 0 Å². The molecule has 0 unspecified atom stereocenters. The topological polar surface area (TPSA) is 72.9 Å². The van der Waals surface area contributed by atoms with Gasteiger partial charge in [-0.2, -0.15) is 0 Å². The molecule has 0 atom stereocenters. The van der Waals surface area contributed by atoms with Gasteiger partial charge in [0.15, 0.2) is 5.82 Å². The molecule has 1 aromatic carbocycles. The van der Waals surface area contributed by atoms with Gasteiger partial charge in [-0.15, -0.1) is 0 Å². The average Bonchev–Trinajstić information content (AvgIpc) is 3.18. The molecule has 1 heterocycles. The third kappa shape index (κ3) is 2.31. The summed E-state index contributed by atoms with van der Waals surface area (Å²) in [6.45, 7) is 0. The smallest absolute Gasteiger partial charge is 0.327 e. The molecule has 2 aromatic rings. The molecule has 1 fully saturated rings. The summed E-state index contributed by atoms with van der Waals surface area (Å²) in [5.74, 6) is 1.08. The Morgan fingerprint density at radius 3 is 2.85 bits per heavy atom. The fourth-order valence-corrected chi connectivity index (χ4v) is 2.56. The van der Waals surface area contributed by atoms with E-state index in [1.807, 2.05) is 24.4 Å². The number of imidazole rings is 1. The van der Waals surface area contributed by atoms with Crippen LogP contribution < -0.4 is 11.1 Å². The van der Waals surface area contributed by atoms with E-state index in [9.17, 15) is 4.79 Å². The lowest BCUT2D eigenvalue weighted by molar-refractivity contribution is 0.244. The molecule has 1 saturated carbocycles. The number of anilines is 1. The molecule has 0 bridgehead atoms. The second kappa shape index (κ2) is 4.94. The number of hydrogen-bond acceptors (Lipinski definition) is 3. The molecule has 1 aliphatic carbocycles. The Morgan fingerprint density at radius 1 is 1.50 bits per heavy atom. The third-order valence-electron chi connectivity index (χ3n) is 3.41. The van der Waals surface area contributed by atoms with Gasteiger partial charge >= 0.3 is 6.03 Å². The second-order valence-electron chi connectivity index (χ2n) is 4.92. The Hall–Kier alpha value is -1.82. The minimum absolute atomic E-state index is 0.207. The van der Waals surface area contributed by atoms with Crippen LogP contribution in [0.15, 0.2) is 28.9 Å². The Balaban J connectivity index is 2.13. The average molecular weight is 335 g/mol. The van der Waals surface area contributed by atoms with E-state index in [0.29, 0.717) is 17.4 Å². The number of halogens is 1. The van der Waals surface area contributed by atoms with Gasteiger partial charge in [-0.1, -0.05) is 15.9 Å². The van der Waals surface area contributed by atoms with E-state index in [-0.39, 0.29) is 6.03 Å². The number of amides is 1. The zero-order valence-corrected chi connectivity index (χ0v) is 12.6. The molecule has 20 heavy (non-hydrogen) atoms. The number of carbonyl (C=O) groups excluding carboxylic acids is 1. The molecule has 3 rings (SSSR count). The minimum atomic E-state index is -0.207. The molecule has 0 radical (unpaired) electrons. The number of nitrogens with one attached hydrogen (secondary N) is 1. The van der Waals surface area contributed by atoms with Crippen LogP contribution in [0.5, 0.6) is 0 Å². The molecule has 0 saturated heterocycles. The predicted octanol–water partition coefficient (Wildman–Crippen LogP) is 2.96. The Labute approximate surface area is 125 Å². The summed E-state index contributed by atoms with van der Waals surface area (Å²) in [5.41, 5.74) is 8.38. The third-order valence-corrected chi connectivity index (χ3v) is 3.90. The van der Waals surface area contributed by atoms with E-state index in [4.69, 9.17) is 5.73 Å². The largest absolute Gasteiger partial charge is 0.398 e. The first-order chi connectivity index (χ1) is 9.60. The zero-order valence-electron chi connectivity index (χ0n) is 11.1. The minimum Gasteiger partial charge on any atom is -0.398 e. The van der Waals surface area contributed by atoms with Crippen LogP contribution in [-0.4, -0.2) is 22.6 Å². The zero-order chi connectivity index (χ0) is 14.3. The fraction of sp³-hybridized carbons (Fsp3) is 0.286. The van der Waals surface area contributed by atoms with Crippen molar-refractivity contribution in [2.45, 2.75) is 18.8 Å². The molecule has 0 aliphatic heterocycles. The maximum atomic E-state index is 12.0. The number of rotatable bonds is 2. The molecule has 104 valence electrons. The van der Waals surface area contributed by atoms with Crippen molar-refractivity contribution in [2.75, 3.05) is 12.8 Å². The first kappa shape index (κ1) is 13.2. The van der Waals surface area contributed by atoms with Crippen molar-refractivity contribution in [1.82, 2.24) is 14.9 Å². The van der Waals surface area contributed by atoms with Gasteiger partial charge in [-0.25, -0.2) is 9.78 Å². The van der Waals surface area contributed by atoms with Gasteiger partial charge in [-0.3, -0.25) is 4.57 Å². The fourth-order valence-electron chi connectivity index (χ4n) is 2.18. The van der Waals surface area contributed by atoms with Gasteiger partial charge in [0, 0.05) is 34.9 Å². The van der Waals surface area contributed by atoms with Gasteiger partial charge < -0.3 is 11.1 Å². The summed E-state index contributed by atoms with van der Waals surface area (Å²) in [6.07, 6.45) is 4.09. The van der Waals surface area contributed by atoms with Crippen LogP contribution in [0.4, 0.5) is 10.5 Å². The normalized spacial score (nSPS) is 14.3. The van der Waals surface area contributed by atoms with Crippen LogP contribution in [0.1, 0.15) is 24.5 Å². The Morgan fingerprint density at radius 2 is 2.25 bits per heavy atom. The van der Waals surface area contributed by atoms with E-state index in [1.165, 1.54) is 4.57 Å². The quantitative estimate of drug-likeness (QED) is 0.829. The molecule has 1 aliphatic rings. The van der Waals surface area contributed by atoms with Crippen molar-refractivity contribution in [3.63, 3.8) is 0 Å². The van der Waals surface area contributed by atoms with Gasteiger partial charge in [-0.05, 0) is 31.0 Å². The molecule has 6 heteroatoms. The van der Waals surface area contributed by atoms with Crippen molar-refractivity contribution < 1.29 is 4.79 Å². The molecule has 1 aromatic heterocycles. The molecular formula is C14H15BrN4O. The van der Waals surface area contributed by atoms with E-state index in [2.05, 4.69) is 26.2 Å². The van der Waals surface area contributed by atoms with Crippen LogP contribution in [-0.2, 0) is 0 Å². The highest BCUT2D eigenvalue weighted by Crippen LogP contribution is 2.40. The van der Waals surface area contributed by atoms with Crippen LogP contribution >= 0.6 is 15.9 Å². The van der Waals surface area contributed by atoms with Gasteiger partial charge in [0.25, 0.3) is 0 Å². The van der Waals surface area contributed by atoms with Crippen molar-refractivity contribution in [1.29, 1.82) is 0 Å². The van der Waals surface area contributed by atoms with Gasteiger partial charge in [0.1, 0.15) is 0 Å². The molecule has 5 nitrogen and oxygen atoms in total. The van der Waals surface area contributed by atoms with Crippen LogP contribution in [0.3, 0.4) is 0 Å². The van der Waals surface area contributed by atoms with E-state index < -0.39 is 0 Å². The summed E-state index contributed by atoms with van der Waals surface area (Å²) in [6, 6.07) is 5.37. The number of hydrogen-bond donors (Lipinski definition) is 2. The van der Waals surface area contributed by atoms with E-state index in [1.54, 1.807) is 7.05 Å². The number of nitrogens with zero attached hydrogens (tertiary/aromatic N) is 2. The molecule has 0 spiro atoms. The lowest BCUT2D eigenvalue weighted by atomic mass is 10.1. The van der Waals surface area contributed by atoms with E-state index >= 15 is 0 Å². The Kier molecular flexibility index (Phi) is 3.25. The summed E-state index contributed by atoms with van der Waals surface area (Å²) in [7, 11) is 1.61. The lowest BCUT2D eigenvalue weighted by Crippen LogP contribution is -2.24. The maximum absolute atomic E-state index is 12.0. The first-order valence-electron chi connectivity index (χ1n) is 6.47. The second-order valence-corrected chi connectivity index (χ2v) is 5.84. The monoisotopic (exact) mass is 334 g/mol. The molecular weight excluding hydrogens is 320 g/mol. The maximum Gasteiger partial charge on any atom is 0.327 e. The number of aromatic nitrogens is 2. The molecule has 1 amide bonds. The van der Waals surface area contributed by atoms with Crippen molar-refractivity contribution in [3.05, 3.63) is 34.6 Å². The number of nitrogens with two attached hydrogens (primary N) is 1. The van der Waals surface area contributed by atoms with Gasteiger partial charge in [0.2, 0.25) is 0 Å². The van der Waals surface area contributed by atoms with Crippen LogP contribution in [0.2, 0.25) is 0 Å². The van der Waals surface area contributed by atoms with Crippen LogP contribution in [0.25, 0.3) is 11.4 Å². The highest BCUT2D eigenvalue weighted by molar-refractivity contribution is 9.10. The van der Waals surface area contributed by atoms with Crippen molar-refractivity contribution >= 4 is 27.6 Å². The highest BCUT2D eigenvalue weighted by Gasteiger charge is 2.28. The SMILES string of the molecule is CNC(=O)n1cc(C2CC2)nc1-c1ccc(Br)cc1N. The highest BCUT2D eigenvalue weighted by atomic mass is 79.9. The van der Waals surface area contributed by atoms with Gasteiger partial charge in [0.05, 0.1) is 5.69 Å². The standard InChI is InChI=1S/C14H15BrN4O/c1-17-14(20)19-7-12(8-2-3-8)18-13(19)10-5-4-9(15)6-11(10)16/h4-8H,2-3,16H2,1H3,(H,17,20). The summed E-state index contributed by atoms with van der Waals surface area (Å²) < 4.78 is 2.44. The number of nitrogen functional groups attached to an aromatic ring is 1.